The van der Waals surface area contributed by atoms with Gasteiger partial charge in [-0.15, -0.1) is 0 Å². The average molecular weight is 215 g/mol. The first-order chi connectivity index (χ1) is 3.31. The van der Waals surface area contributed by atoms with Gasteiger partial charge in [-0.2, -0.15) is 0 Å². The number of urea groups is 1. The van der Waals surface area contributed by atoms with E-state index < -0.39 is 0 Å². The van der Waals surface area contributed by atoms with E-state index in [0.717, 1.165) is 0 Å². The first-order valence-electron chi connectivity index (χ1n) is 1.77. The van der Waals surface area contributed by atoms with E-state index in [1.807, 2.05) is 4.93 Å². The monoisotopic (exact) mass is 215 g/mol. The van der Waals surface area contributed by atoms with Gasteiger partial charge in [-0.1, -0.05) is 0 Å². The van der Waals surface area contributed by atoms with E-state index in [2.05, 4.69) is 8.85 Å². The normalized spacial score (nSPS) is 8.29. The summed E-state index contributed by atoms with van der Waals surface area (Å²) in [6.07, 6.45) is 0. The van der Waals surface area contributed by atoms with Crippen LogP contribution in [0.3, 0.4) is 0 Å². The Kier molecular flexibility index (Phi) is 4.17. The molecule has 44 valence electrons. The van der Waals surface area contributed by atoms with Crippen molar-refractivity contribution in [2.24, 2.45) is 0 Å². The van der Waals surface area contributed by atoms with Gasteiger partial charge < -0.3 is 0 Å². The van der Waals surface area contributed by atoms with Crippen LogP contribution in [-0.4, -0.2) is 18.0 Å². The van der Waals surface area contributed by atoms with Crippen LogP contribution in [0.4, 0.5) is 4.79 Å². The third-order valence-corrected chi connectivity index (χ3v) is 1.44. The minimum absolute atomic E-state index is 0.0738. The Morgan fingerprint density at radius 2 is 2.29 bits per heavy atom. The molecule has 0 atom stereocenters. The summed E-state index contributed by atoms with van der Waals surface area (Å²) in [7, 11) is 1.61. The van der Waals surface area contributed by atoms with Gasteiger partial charge in [-0.25, -0.2) is 0 Å². The molecule has 0 bridgehead atoms. The number of hydrogen-bond acceptors (Lipinski definition) is 1. The molecule has 0 saturated heterocycles. The molecule has 0 radical (unpaired) electrons. The second-order valence-corrected chi connectivity index (χ2v) is 2.48. The van der Waals surface area contributed by atoms with Crippen LogP contribution in [0.2, 0.25) is 0 Å². The van der Waals surface area contributed by atoms with Crippen LogP contribution in [-0.2, 0) is 0 Å². The second kappa shape index (κ2) is 4.17. The van der Waals surface area contributed by atoms with E-state index in [1.165, 1.54) is 0 Å². The zero-order valence-electron chi connectivity index (χ0n) is 4.29. The summed E-state index contributed by atoms with van der Waals surface area (Å²) < 4.78 is 2.66. The molecule has 0 saturated carbocycles. The Morgan fingerprint density at radius 1 is 1.71 bits per heavy atom. The average Bonchev–Trinajstić information content (AvgIpc) is 1.68. The molecule has 7 heavy (non-hydrogen) atoms. The number of alkyl halides is 1. The van der Waals surface area contributed by atoms with E-state index in [4.69, 9.17) is 0 Å². The third-order valence-electron chi connectivity index (χ3n) is 0.407. The first kappa shape index (κ1) is 7.00. The summed E-state index contributed by atoms with van der Waals surface area (Å²) >= 11 is -0.101. The van der Waals surface area contributed by atoms with E-state index in [1.54, 1.807) is 7.05 Å². The van der Waals surface area contributed by atoms with Crippen molar-refractivity contribution >= 4 is 6.03 Å². The van der Waals surface area contributed by atoms with Gasteiger partial charge in [0.2, 0.25) is 0 Å². The molecule has 0 aliphatic heterocycles. The molecule has 0 aromatic carbocycles. The number of hydrogen-bond donors (Lipinski definition) is 2. The fourth-order valence-corrected chi connectivity index (χ4v) is 0.893. The Labute approximate surface area is 53.5 Å². The first-order valence-corrected chi connectivity index (χ1v) is 5.01. The van der Waals surface area contributed by atoms with Crippen molar-refractivity contribution in [3.8, 4) is 0 Å². The molecule has 2 amide bonds. The quantitative estimate of drug-likeness (QED) is 0.266. The molecule has 0 aliphatic carbocycles. The molecule has 0 fully saturated rings. The number of carbonyl (C=O) groups is 1. The van der Waals surface area contributed by atoms with Crippen molar-refractivity contribution < 1.29 is 26.3 Å². The van der Waals surface area contributed by atoms with Crippen molar-refractivity contribution in [2.75, 3.05) is 12.0 Å². The summed E-state index contributed by atoms with van der Waals surface area (Å²) in [5.41, 5.74) is 0. The molecule has 0 aliphatic rings. The summed E-state index contributed by atoms with van der Waals surface area (Å²) in [6, 6.07) is -0.0738. The molecular formula is C3H8IN2O-. The van der Waals surface area contributed by atoms with Crippen LogP contribution in [0.5, 0.6) is 0 Å². The van der Waals surface area contributed by atoms with Crippen LogP contribution in [0.25, 0.3) is 0 Å². The summed E-state index contributed by atoms with van der Waals surface area (Å²) in [6.45, 7) is 0. The summed E-state index contributed by atoms with van der Waals surface area (Å²) in [4.78, 5) is 12.2. The Morgan fingerprint density at radius 3 is 2.43 bits per heavy atom. The molecule has 3 nitrogen and oxygen atoms in total. The molecular weight excluding hydrogens is 207 g/mol. The van der Waals surface area contributed by atoms with E-state index in [9.17, 15) is 4.79 Å². The molecule has 0 unspecified atom stereocenters. The Balaban J connectivity index is 3.00. The number of halogens is 1. The van der Waals surface area contributed by atoms with Gasteiger partial charge in [-0.05, 0) is 0 Å². The second-order valence-electron chi connectivity index (χ2n) is 0.863. The summed E-state index contributed by atoms with van der Waals surface area (Å²) in [5.74, 6) is 0. The number of carbonyl (C=O) groups excluding carboxylic acids is 1. The molecule has 0 rings (SSSR count). The van der Waals surface area contributed by atoms with Crippen LogP contribution < -0.4 is 30.3 Å². The van der Waals surface area contributed by atoms with Crippen LogP contribution in [0, 0.1) is 0 Å². The number of nitrogens with one attached hydrogen (secondary N) is 2. The van der Waals surface area contributed by atoms with E-state index in [-0.39, 0.29) is 27.5 Å². The topological polar surface area (TPSA) is 41.1 Å². The van der Waals surface area contributed by atoms with Gasteiger partial charge in [0.1, 0.15) is 0 Å². The standard InChI is InChI=1S/C3H8IN2O/c1-4-6-3(7)5-2/h1-2H3,(H2,5,6,7)/q-1. The Hall–Kier alpha value is 0. The minimum atomic E-state index is -0.101. The predicted octanol–water partition coefficient (Wildman–Crippen LogP) is -3.45. The molecule has 0 aromatic heterocycles. The van der Waals surface area contributed by atoms with E-state index in [0.29, 0.717) is 0 Å². The van der Waals surface area contributed by atoms with Gasteiger partial charge in [0.25, 0.3) is 0 Å². The molecule has 4 heteroatoms. The number of rotatable bonds is 1. The molecule has 2 N–H and O–H groups in total. The van der Waals surface area contributed by atoms with Crippen LogP contribution >= 0.6 is 0 Å². The van der Waals surface area contributed by atoms with E-state index >= 15 is 0 Å². The van der Waals surface area contributed by atoms with Gasteiger partial charge in [-0.3, -0.25) is 0 Å². The fourth-order valence-electron chi connectivity index (χ4n) is 0.133. The maximum atomic E-state index is 10.2. The van der Waals surface area contributed by atoms with Gasteiger partial charge in [0.05, 0.1) is 0 Å². The number of amides is 2. The predicted molar refractivity (Wildman–Crippen MR) is 23.5 cm³/mol. The van der Waals surface area contributed by atoms with Crippen LogP contribution in [0.15, 0.2) is 0 Å². The van der Waals surface area contributed by atoms with Gasteiger partial charge in [0.15, 0.2) is 0 Å². The fraction of sp³-hybridized carbons (Fsp3) is 0.667. The maximum absolute atomic E-state index is 10.2. The Bertz CT molecular complexity index is 66.0. The summed E-state index contributed by atoms with van der Waals surface area (Å²) in [5, 5.41) is 2.44. The zero-order valence-corrected chi connectivity index (χ0v) is 6.44. The van der Waals surface area contributed by atoms with Crippen LogP contribution in [0.1, 0.15) is 0 Å². The SMILES string of the molecule is CNC(=O)N[I-]C. The van der Waals surface area contributed by atoms with Gasteiger partial charge >= 0.3 is 53.1 Å². The molecule has 0 heterocycles. The van der Waals surface area contributed by atoms with Gasteiger partial charge in [0, 0.05) is 0 Å². The third kappa shape index (κ3) is 3.84. The van der Waals surface area contributed by atoms with Crippen molar-refractivity contribution in [1.29, 1.82) is 0 Å². The molecule has 0 aromatic rings. The zero-order chi connectivity index (χ0) is 5.70. The van der Waals surface area contributed by atoms with Crippen molar-refractivity contribution in [2.45, 2.75) is 0 Å². The van der Waals surface area contributed by atoms with Crippen molar-refractivity contribution in [3.63, 3.8) is 0 Å². The van der Waals surface area contributed by atoms with Crippen molar-refractivity contribution in [1.82, 2.24) is 8.85 Å². The molecule has 0 spiro atoms. The van der Waals surface area contributed by atoms with Crippen molar-refractivity contribution in [3.05, 3.63) is 0 Å².